The molecule has 0 aromatic heterocycles. The predicted octanol–water partition coefficient (Wildman–Crippen LogP) is 1.79. The van der Waals surface area contributed by atoms with Crippen LogP contribution in [-0.2, 0) is 0 Å². The van der Waals surface area contributed by atoms with Crippen molar-refractivity contribution in [2.24, 2.45) is 0 Å². The predicted molar refractivity (Wildman–Crippen MR) is 65.7 cm³/mol. The lowest BCUT2D eigenvalue weighted by molar-refractivity contribution is 0.0139. The van der Waals surface area contributed by atoms with Gasteiger partial charge in [0.1, 0.15) is 11.9 Å². The first kappa shape index (κ1) is 14.4. The highest BCUT2D eigenvalue weighted by Crippen LogP contribution is 2.28. The van der Waals surface area contributed by atoms with Gasteiger partial charge in [-0.2, -0.15) is 0 Å². The molecule has 0 aliphatic carbocycles. The van der Waals surface area contributed by atoms with Crippen LogP contribution in [-0.4, -0.2) is 29.9 Å². The molecule has 96 valence electrons. The van der Waals surface area contributed by atoms with Gasteiger partial charge >= 0.3 is 0 Å². The fraction of sp³-hybridized carbons (Fsp3) is 0.500. The van der Waals surface area contributed by atoms with Gasteiger partial charge in [-0.15, -0.1) is 0 Å². The molecule has 0 heterocycles. The molecule has 0 aliphatic heterocycles. The average Bonchev–Trinajstić information content (AvgIpc) is 2.29. The van der Waals surface area contributed by atoms with Crippen LogP contribution in [0.2, 0.25) is 5.02 Å². The van der Waals surface area contributed by atoms with Gasteiger partial charge in [-0.3, -0.25) is 0 Å². The Balaban J connectivity index is 2.88. The summed E-state index contributed by atoms with van der Waals surface area (Å²) in [5.74, 6) is -0.440. The van der Waals surface area contributed by atoms with Crippen molar-refractivity contribution < 1.29 is 14.6 Å². The van der Waals surface area contributed by atoms with Gasteiger partial charge in [-0.05, 0) is 44.6 Å². The molecule has 0 bridgehead atoms. The van der Waals surface area contributed by atoms with Gasteiger partial charge in [0.25, 0.3) is 0 Å². The number of rotatable bonds is 5. The molecule has 3 N–H and O–H groups in total. The highest BCUT2D eigenvalue weighted by atomic mass is 35.5. The Hall–Kier alpha value is -0.680. The molecule has 1 aromatic carbocycles. The Morgan fingerprint density at radius 2 is 2.06 bits per heavy atom. The number of hydrogen-bond donors (Lipinski definition) is 3. The summed E-state index contributed by atoms with van der Waals surface area (Å²) in [5, 5.41) is 22.7. The van der Waals surface area contributed by atoms with Gasteiger partial charge in [-0.1, -0.05) is 11.6 Å². The zero-order valence-corrected chi connectivity index (χ0v) is 10.6. The molecule has 0 spiro atoms. The van der Waals surface area contributed by atoms with Crippen molar-refractivity contribution in [2.75, 3.05) is 13.6 Å². The van der Waals surface area contributed by atoms with E-state index in [-0.39, 0.29) is 10.6 Å². The summed E-state index contributed by atoms with van der Waals surface area (Å²) in [6, 6.07) is 2.62. The number of hydrogen-bond acceptors (Lipinski definition) is 3. The Labute approximate surface area is 105 Å². The van der Waals surface area contributed by atoms with E-state index in [4.69, 9.17) is 11.6 Å². The van der Waals surface area contributed by atoms with Gasteiger partial charge in [0.2, 0.25) is 0 Å². The van der Waals surface area contributed by atoms with Crippen LogP contribution in [0.25, 0.3) is 0 Å². The lowest BCUT2D eigenvalue weighted by atomic mass is 10.0. The van der Waals surface area contributed by atoms with Crippen LogP contribution in [0, 0.1) is 12.7 Å². The molecule has 17 heavy (non-hydrogen) atoms. The summed E-state index contributed by atoms with van der Waals surface area (Å²) < 4.78 is 13.4. The summed E-state index contributed by atoms with van der Waals surface area (Å²) in [6.07, 6.45) is -1.78. The number of benzene rings is 1. The Morgan fingerprint density at radius 3 is 2.65 bits per heavy atom. The Bertz CT molecular complexity index is 387. The lowest BCUT2D eigenvalue weighted by Gasteiger charge is -2.19. The highest BCUT2D eigenvalue weighted by Gasteiger charge is 2.21. The molecule has 0 saturated carbocycles. The van der Waals surface area contributed by atoms with E-state index in [0.29, 0.717) is 18.5 Å². The summed E-state index contributed by atoms with van der Waals surface area (Å²) in [5.41, 5.74) is 0.633. The third-order valence-electron chi connectivity index (χ3n) is 2.65. The third kappa shape index (κ3) is 3.64. The van der Waals surface area contributed by atoms with E-state index in [0.717, 1.165) is 0 Å². The number of aliphatic hydroxyl groups excluding tert-OH is 2. The first-order chi connectivity index (χ1) is 7.97. The summed E-state index contributed by atoms with van der Waals surface area (Å²) in [4.78, 5) is 0. The lowest BCUT2D eigenvalue weighted by Crippen LogP contribution is -2.23. The number of aryl methyl sites for hydroxylation is 1. The molecule has 1 rings (SSSR count). The molecule has 2 atom stereocenters. The van der Waals surface area contributed by atoms with Gasteiger partial charge in [-0.25, -0.2) is 4.39 Å². The van der Waals surface area contributed by atoms with Crippen molar-refractivity contribution in [1.29, 1.82) is 0 Å². The molecule has 3 nitrogen and oxygen atoms in total. The van der Waals surface area contributed by atoms with Crippen molar-refractivity contribution >= 4 is 11.6 Å². The molecule has 0 saturated heterocycles. The maximum Gasteiger partial charge on any atom is 0.126 e. The number of halogens is 2. The van der Waals surface area contributed by atoms with E-state index in [1.165, 1.54) is 12.1 Å². The standard InChI is InChI=1S/C12H17ClFNO2/c1-7-5-9(13)8(6-10(7)14)12(17)11(16)3-4-15-2/h5-6,11-12,15-17H,3-4H2,1-2H3. The van der Waals surface area contributed by atoms with Crippen LogP contribution in [0.1, 0.15) is 23.7 Å². The van der Waals surface area contributed by atoms with E-state index < -0.39 is 18.0 Å². The Morgan fingerprint density at radius 1 is 1.41 bits per heavy atom. The molecular formula is C12H17ClFNO2. The molecule has 0 aliphatic rings. The van der Waals surface area contributed by atoms with Crippen molar-refractivity contribution in [1.82, 2.24) is 5.32 Å². The van der Waals surface area contributed by atoms with Crippen molar-refractivity contribution in [3.8, 4) is 0 Å². The fourth-order valence-corrected chi connectivity index (χ4v) is 1.88. The topological polar surface area (TPSA) is 52.5 Å². The van der Waals surface area contributed by atoms with Crippen LogP contribution >= 0.6 is 11.6 Å². The zero-order chi connectivity index (χ0) is 13.0. The quantitative estimate of drug-likeness (QED) is 0.758. The normalized spacial score (nSPS) is 14.7. The molecule has 0 fully saturated rings. The van der Waals surface area contributed by atoms with Crippen LogP contribution in [0.5, 0.6) is 0 Å². The second-order valence-corrected chi connectivity index (χ2v) is 4.43. The highest BCUT2D eigenvalue weighted by molar-refractivity contribution is 6.31. The van der Waals surface area contributed by atoms with Gasteiger partial charge in [0.05, 0.1) is 6.10 Å². The van der Waals surface area contributed by atoms with E-state index >= 15 is 0 Å². The van der Waals surface area contributed by atoms with E-state index in [1.54, 1.807) is 14.0 Å². The van der Waals surface area contributed by atoms with E-state index in [1.807, 2.05) is 0 Å². The summed E-state index contributed by atoms with van der Waals surface area (Å²) in [7, 11) is 1.75. The molecule has 1 aromatic rings. The van der Waals surface area contributed by atoms with Gasteiger partial charge < -0.3 is 15.5 Å². The third-order valence-corrected chi connectivity index (χ3v) is 2.98. The summed E-state index contributed by atoms with van der Waals surface area (Å²) >= 11 is 5.92. The minimum atomic E-state index is -1.18. The van der Waals surface area contributed by atoms with Crippen molar-refractivity contribution in [3.63, 3.8) is 0 Å². The van der Waals surface area contributed by atoms with Crippen LogP contribution in [0.15, 0.2) is 12.1 Å². The number of aliphatic hydroxyl groups is 2. The zero-order valence-electron chi connectivity index (χ0n) is 9.87. The molecule has 0 amide bonds. The Kier molecular flexibility index (Phi) is 5.33. The molecule has 5 heteroatoms. The van der Waals surface area contributed by atoms with E-state index in [2.05, 4.69) is 5.32 Å². The van der Waals surface area contributed by atoms with Crippen LogP contribution in [0.3, 0.4) is 0 Å². The second-order valence-electron chi connectivity index (χ2n) is 4.03. The minimum absolute atomic E-state index is 0.221. The largest absolute Gasteiger partial charge is 0.390 e. The fourth-order valence-electron chi connectivity index (χ4n) is 1.55. The van der Waals surface area contributed by atoms with Gasteiger partial charge in [0.15, 0.2) is 0 Å². The van der Waals surface area contributed by atoms with E-state index in [9.17, 15) is 14.6 Å². The minimum Gasteiger partial charge on any atom is -0.390 e. The monoisotopic (exact) mass is 261 g/mol. The maximum absolute atomic E-state index is 13.4. The van der Waals surface area contributed by atoms with Crippen molar-refractivity contribution in [3.05, 3.63) is 34.1 Å². The average molecular weight is 262 g/mol. The first-order valence-corrected chi connectivity index (χ1v) is 5.81. The second kappa shape index (κ2) is 6.31. The first-order valence-electron chi connectivity index (χ1n) is 5.43. The van der Waals surface area contributed by atoms with Crippen LogP contribution < -0.4 is 5.32 Å². The van der Waals surface area contributed by atoms with Crippen LogP contribution in [0.4, 0.5) is 4.39 Å². The van der Waals surface area contributed by atoms with Crippen molar-refractivity contribution in [2.45, 2.75) is 25.6 Å². The number of nitrogens with one attached hydrogen (secondary N) is 1. The smallest absolute Gasteiger partial charge is 0.126 e. The maximum atomic E-state index is 13.4. The van der Waals surface area contributed by atoms with Gasteiger partial charge in [0, 0.05) is 10.6 Å². The molecule has 0 radical (unpaired) electrons. The summed E-state index contributed by atoms with van der Waals surface area (Å²) in [6.45, 7) is 2.15. The molecule has 2 unspecified atom stereocenters. The molecular weight excluding hydrogens is 245 g/mol. The SMILES string of the molecule is CNCCC(O)C(O)c1cc(F)c(C)cc1Cl.